The lowest BCUT2D eigenvalue weighted by atomic mass is 10.0. The summed E-state index contributed by atoms with van der Waals surface area (Å²) in [5.41, 5.74) is 3.79. The number of hydrogen-bond acceptors (Lipinski definition) is 2. The van der Waals surface area contributed by atoms with E-state index in [4.69, 9.17) is 0 Å². The van der Waals surface area contributed by atoms with E-state index in [1.54, 1.807) is 0 Å². The molecule has 3 nitrogen and oxygen atoms in total. The molecule has 0 spiro atoms. The largest absolute Gasteiger partial charge is 0.308 e. The fraction of sp³-hybridized carbons (Fsp3) is 0.750. The summed E-state index contributed by atoms with van der Waals surface area (Å²) >= 11 is 0. The first-order chi connectivity index (χ1) is 6.97. The van der Waals surface area contributed by atoms with E-state index in [-0.39, 0.29) is 0 Å². The standard InChI is InChI=1S/C12H23N3/c1-7-11(13-8(2)3)12-9(4)14-15(6)10(12)5/h8,11,13H,7H2,1-6H3. The molecule has 0 aromatic carbocycles. The Hall–Kier alpha value is -0.830. The first-order valence-corrected chi connectivity index (χ1v) is 5.73. The van der Waals surface area contributed by atoms with Crippen LogP contribution < -0.4 is 5.32 Å². The Labute approximate surface area is 92.9 Å². The average Bonchev–Trinajstić information content (AvgIpc) is 2.38. The van der Waals surface area contributed by atoms with E-state index >= 15 is 0 Å². The number of hydrogen-bond donors (Lipinski definition) is 1. The Balaban J connectivity index is 3.00. The molecule has 1 aromatic heterocycles. The molecule has 86 valence electrons. The van der Waals surface area contributed by atoms with Crippen LogP contribution in [-0.4, -0.2) is 15.8 Å². The zero-order valence-corrected chi connectivity index (χ0v) is 10.8. The molecule has 1 atom stereocenters. The van der Waals surface area contributed by atoms with Crippen LogP contribution in [0.1, 0.15) is 50.2 Å². The van der Waals surface area contributed by atoms with Crippen molar-refractivity contribution in [3.63, 3.8) is 0 Å². The first-order valence-electron chi connectivity index (χ1n) is 5.73. The molecule has 1 aromatic rings. The molecule has 1 heterocycles. The molecule has 0 radical (unpaired) electrons. The molecular formula is C12H23N3. The summed E-state index contributed by atoms with van der Waals surface area (Å²) in [6.07, 6.45) is 1.10. The summed E-state index contributed by atoms with van der Waals surface area (Å²) in [6, 6.07) is 0.938. The third kappa shape index (κ3) is 2.59. The second-order valence-electron chi connectivity index (χ2n) is 4.49. The molecule has 0 fully saturated rings. The van der Waals surface area contributed by atoms with E-state index in [1.165, 1.54) is 11.3 Å². The molecule has 0 saturated heterocycles. The van der Waals surface area contributed by atoms with E-state index in [9.17, 15) is 0 Å². The highest BCUT2D eigenvalue weighted by atomic mass is 15.3. The summed E-state index contributed by atoms with van der Waals surface area (Å²) in [6.45, 7) is 10.8. The minimum Gasteiger partial charge on any atom is -0.308 e. The normalized spacial score (nSPS) is 13.5. The monoisotopic (exact) mass is 209 g/mol. The molecule has 3 heteroatoms. The van der Waals surface area contributed by atoms with Crippen molar-refractivity contribution < 1.29 is 0 Å². The van der Waals surface area contributed by atoms with Crippen LogP contribution in [0.15, 0.2) is 0 Å². The van der Waals surface area contributed by atoms with Crippen LogP contribution in [0.3, 0.4) is 0 Å². The molecule has 0 amide bonds. The SMILES string of the molecule is CCC(NC(C)C)c1c(C)nn(C)c1C. The summed E-state index contributed by atoms with van der Waals surface area (Å²) in [5.74, 6) is 0. The lowest BCUT2D eigenvalue weighted by Crippen LogP contribution is -2.28. The summed E-state index contributed by atoms with van der Waals surface area (Å²) < 4.78 is 1.97. The van der Waals surface area contributed by atoms with Gasteiger partial charge in [-0.1, -0.05) is 20.8 Å². The second kappa shape index (κ2) is 4.79. The van der Waals surface area contributed by atoms with Gasteiger partial charge in [-0.3, -0.25) is 4.68 Å². The van der Waals surface area contributed by atoms with E-state index in [2.05, 4.69) is 45.0 Å². The summed E-state index contributed by atoms with van der Waals surface area (Å²) in [7, 11) is 2.01. The lowest BCUT2D eigenvalue weighted by Gasteiger charge is -2.20. The Bertz CT molecular complexity index is 326. The maximum atomic E-state index is 4.46. The van der Waals surface area contributed by atoms with E-state index < -0.39 is 0 Å². The van der Waals surface area contributed by atoms with Crippen molar-refractivity contribution in [1.29, 1.82) is 0 Å². The fourth-order valence-corrected chi connectivity index (χ4v) is 2.10. The zero-order chi connectivity index (χ0) is 11.6. The quantitative estimate of drug-likeness (QED) is 0.825. The second-order valence-corrected chi connectivity index (χ2v) is 4.49. The molecular weight excluding hydrogens is 186 g/mol. The van der Waals surface area contributed by atoms with Gasteiger partial charge in [0.05, 0.1) is 5.69 Å². The van der Waals surface area contributed by atoms with Crippen LogP contribution in [0.25, 0.3) is 0 Å². The topological polar surface area (TPSA) is 29.9 Å². The molecule has 0 saturated carbocycles. The van der Waals surface area contributed by atoms with Gasteiger partial charge in [0, 0.05) is 30.4 Å². The number of aryl methyl sites for hydroxylation is 2. The van der Waals surface area contributed by atoms with Gasteiger partial charge in [-0.05, 0) is 20.3 Å². The molecule has 0 bridgehead atoms. The Kier molecular flexibility index (Phi) is 3.91. The predicted octanol–water partition coefficient (Wildman–Crippen LogP) is 2.49. The van der Waals surface area contributed by atoms with Crippen LogP contribution >= 0.6 is 0 Å². The van der Waals surface area contributed by atoms with Crippen molar-refractivity contribution in [2.75, 3.05) is 0 Å². The van der Waals surface area contributed by atoms with Gasteiger partial charge >= 0.3 is 0 Å². The van der Waals surface area contributed by atoms with Crippen LogP contribution in [0, 0.1) is 13.8 Å². The van der Waals surface area contributed by atoms with E-state index in [0.717, 1.165) is 12.1 Å². The molecule has 0 aliphatic heterocycles. The Morgan fingerprint density at radius 2 is 1.93 bits per heavy atom. The lowest BCUT2D eigenvalue weighted by molar-refractivity contribution is 0.463. The summed E-state index contributed by atoms with van der Waals surface area (Å²) in [5, 5.41) is 8.05. The van der Waals surface area contributed by atoms with Gasteiger partial charge in [0.2, 0.25) is 0 Å². The third-order valence-electron chi connectivity index (χ3n) is 2.86. The Morgan fingerprint density at radius 3 is 2.27 bits per heavy atom. The van der Waals surface area contributed by atoms with Crippen molar-refractivity contribution in [2.45, 2.75) is 53.1 Å². The van der Waals surface area contributed by atoms with Gasteiger partial charge in [0.1, 0.15) is 0 Å². The molecule has 1 rings (SSSR count). The van der Waals surface area contributed by atoms with Gasteiger partial charge < -0.3 is 5.32 Å². The molecule has 0 aliphatic rings. The maximum Gasteiger partial charge on any atom is 0.0644 e. The highest BCUT2D eigenvalue weighted by Crippen LogP contribution is 2.23. The van der Waals surface area contributed by atoms with Crippen LogP contribution in [0.4, 0.5) is 0 Å². The van der Waals surface area contributed by atoms with Gasteiger partial charge in [0.25, 0.3) is 0 Å². The number of nitrogens with one attached hydrogen (secondary N) is 1. The average molecular weight is 209 g/mol. The highest BCUT2D eigenvalue weighted by Gasteiger charge is 2.18. The van der Waals surface area contributed by atoms with E-state index in [0.29, 0.717) is 12.1 Å². The molecule has 15 heavy (non-hydrogen) atoms. The van der Waals surface area contributed by atoms with Crippen molar-refractivity contribution in [2.24, 2.45) is 7.05 Å². The smallest absolute Gasteiger partial charge is 0.0644 e. The molecule has 0 aliphatic carbocycles. The van der Waals surface area contributed by atoms with Gasteiger partial charge in [-0.2, -0.15) is 5.10 Å². The van der Waals surface area contributed by atoms with Gasteiger partial charge in [-0.15, -0.1) is 0 Å². The molecule has 1 N–H and O–H groups in total. The van der Waals surface area contributed by atoms with Crippen molar-refractivity contribution >= 4 is 0 Å². The van der Waals surface area contributed by atoms with Gasteiger partial charge in [0.15, 0.2) is 0 Å². The Morgan fingerprint density at radius 1 is 1.33 bits per heavy atom. The molecule has 1 unspecified atom stereocenters. The van der Waals surface area contributed by atoms with Crippen LogP contribution in [0.5, 0.6) is 0 Å². The van der Waals surface area contributed by atoms with Crippen molar-refractivity contribution in [1.82, 2.24) is 15.1 Å². The first kappa shape index (κ1) is 12.2. The number of rotatable bonds is 4. The fourth-order valence-electron chi connectivity index (χ4n) is 2.10. The van der Waals surface area contributed by atoms with Crippen molar-refractivity contribution in [3.05, 3.63) is 17.0 Å². The minimum atomic E-state index is 0.429. The van der Waals surface area contributed by atoms with Crippen molar-refractivity contribution in [3.8, 4) is 0 Å². The van der Waals surface area contributed by atoms with Crippen LogP contribution in [-0.2, 0) is 7.05 Å². The third-order valence-corrected chi connectivity index (χ3v) is 2.86. The zero-order valence-electron chi connectivity index (χ0n) is 10.8. The summed E-state index contributed by atoms with van der Waals surface area (Å²) in [4.78, 5) is 0. The number of nitrogens with zero attached hydrogens (tertiary/aromatic N) is 2. The van der Waals surface area contributed by atoms with Gasteiger partial charge in [-0.25, -0.2) is 0 Å². The minimum absolute atomic E-state index is 0.429. The van der Waals surface area contributed by atoms with E-state index in [1.807, 2.05) is 11.7 Å². The van der Waals surface area contributed by atoms with Crippen LogP contribution in [0.2, 0.25) is 0 Å². The maximum absolute atomic E-state index is 4.46. The highest BCUT2D eigenvalue weighted by molar-refractivity contribution is 5.28. The predicted molar refractivity (Wildman–Crippen MR) is 64.0 cm³/mol. The number of aromatic nitrogens is 2.